The largest absolute Gasteiger partial charge is 0.490 e. The van der Waals surface area contributed by atoms with Crippen molar-refractivity contribution in [2.45, 2.75) is 67.7 Å². The Kier molecular flexibility index (Phi) is 12.3. The molecule has 0 saturated carbocycles. The van der Waals surface area contributed by atoms with Gasteiger partial charge in [-0.15, -0.1) is 0 Å². The second kappa shape index (κ2) is 17.5. The number of aryl methyl sites for hydroxylation is 4. The zero-order valence-corrected chi connectivity index (χ0v) is 33.4. The highest BCUT2D eigenvalue weighted by molar-refractivity contribution is 6.05. The van der Waals surface area contributed by atoms with Crippen molar-refractivity contribution in [2.75, 3.05) is 36.9 Å². The summed E-state index contributed by atoms with van der Waals surface area (Å²) in [4.78, 5) is 67.7. The number of primary amides is 2. The molecular weight excluding hydrogens is 745 g/mol. The Morgan fingerprint density at radius 3 is 1.83 bits per heavy atom. The Balaban J connectivity index is 1.38. The third-order valence-electron chi connectivity index (χ3n) is 9.58. The van der Waals surface area contributed by atoms with Crippen LogP contribution in [0.5, 0.6) is 5.75 Å². The van der Waals surface area contributed by atoms with Crippen LogP contribution in [0.15, 0.2) is 48.7 Å². The molecule has 1 aromatic carbocycles. The number of allylic oxidation sites excluding steroid dienone is 2. The minimum absolute atomic E-state index is 0.165. The summed E-state index contributed by atoms with van der Waals surface area (Å²) in [7, 11) is 0. The average molecular weight is 793 g/mol. The molecule has 6 N–H and O–H groups in total. The Morgan fingerprint density at radius 2 is 1.28 bits per heavy atom. The van der Waals surface area contributed by atoms with Gasteiger partial charge in [0.1, 0.15) is 34.8 Å². The number of anilines is 2. The molecule has 5 heterocycles. The van der Waals surface area contributed by atoms with Crippen molar-refractivity contribution in [1.82, 2.24) is 48.5 Å². The summed E-state index contributed by atoms with van der Waals surface area (Å²) >= 11 is 0. The molecule has 0 bridgehead atoms. The Morgan fingerprint density at radius 1 is 0.741 bits per heavy atom. The third-order valence-corrected chi connectivity index (χ3v) is 9.58. The number of hydrogen-bond donors (Lipinski definition) is 4. The van der Waals surface area contributed by atoms with E-state index >= 15 is 0 Å². The normalized spacial score (nSPS) is 11.6. The fourth-order valence-corrected chi connectivity index (χ4v) is 6.62. The summed E-state index contributed by atoms with van der Waals surface area (Å²) in [6.07, 6.45) is 5.05. The molecular formula is C39H48N14O5. The highest BCUT2D eigenvalue weighted by Crippen LogP contribution is 2.31. The number of nitrogens with one attached hydrogen (secondary N) is 2. The quantitative estimate of drug-likeness (QED) is 0.0918. The molecule has 0 saturated heterocycles. The van der Waals surface area contributed by atoms with E-state index in [1.807, 2.05) is 32.9 Å². The summed E-state index contributed by atoms with van der Waals surface area (Å²) in [5.41, 5.74) is 15.4. The number of aromatic nitrogens is 9. The molecule has 58 heavy (non-hydrogen) atoms. The number of carbonyl (C=O) groups is 4. The molecule has 6 rings (SSSR count). The number of nitrogens with two attached hydrogens (primary N) is 2. The lowest BCUT2D eigenvalue weighted by Crippen LogP contribution is -2.28. The van der Waals surface area contributed by atoms with Crippen LogP contribution in [0.4, 0.5) is 11.9 Å². The van der Waals surface area contributed by atoms with Crippen molar-refractivity contribution < 1.29 is 23.9 Å². The SMILES string of the molecule is CCN(CC)CCOc1cc(C(N)=O)cc2nc(NC(=O)c3cc(C)nn3CC)n(C/C=C/Cn3c(NC(=O)c4cc(C)nn4CC)nc4cc(C(N)=O)cnc43)c12. The summed E-state index contributed by atoms with van der Waals surface area (Å²) in [5.74, 6) is -1.41. The van der Waals surface area contributed by atoms with Crippen molar-refractivity contribution in [1.29, 1.82) is 0 Å². The predicted octanol–water partition coefficient (Wildman–Crippen LogP) is 3.51. The van der Waals surface area contributed by atoms with Crippen LogP contribution in [-0.4, -0.2) is 98.4 Å². The van der Waals surface area contributed by atoms with Gasteiger partial charge in [-0.05, 0) is 71.1 Å². The molecule has 5 aromatic heterocycles. The maximum Gasteiger partial charge on any atom is 0.276 e. The van der Waals surface area contributed by atoms with Gasteiger partial charge in [0, 0.05) is 44.5 Å². The lowest BCUT2D eigenvalue weighted by Gasteiger charge is -2.19. The molecule has 19 heteroatoms. The van der Waals surface area contributed by atoms with Gasteiger partial charge in [0.25, 0.3) is 11.8 Å². The van der Waals surface area contributed by atoms with Gasteiger partial charge in [0.05, 0.1) is 22.5 Å². The predicted molar refractivity (Wildman–Crippen MR) is 218 cm³/mol. The van der Waals surface area contributed by atoms with Crippen LogP contribution in [0.3, 0.4) is 0 Å². The van der Waals surface area contributed by atoms with E-state index in [4.69, 9.17) is 21.2 Å². The standard InChI is InChI=1S/C39H48N14O5/c1-7-49(8-2)15-16-58-31-21-25(33(40)54)19-27-32(31)50(38(43-27)45-36(56)29-17-23(5)47-52(29)9-3)13-11-12-14-51-35-28(20-26(22-42-35)34(41)55)44-39(51)46-37(57)30-18-24(6)48-53(30)10-4/h11-12,17-22H,7-10,13-16H2,1-6H3,(H2,40,54)(H2,41,55)(H,43,45,56)(H,44,46,57)/b12-11+. The number of rotatable bonds is 18. The van der Waals surface area contributed by atoms with E-state index in [0.717, 1.165) is 13.1 Å². The third kappa shape index (κ3) is 8.58. The Labute approximate surface area is 334 Å². The van der Waals surface area contributed by atoms with Gasteiger partial charge in [-0.3, -0.25) is 43.7 Å². The topological polar surface area (TPSA) is 241 Å². The molecule has 0 atom stereocenters. The van der Waals surface area contributed by atoms with Gasteiger partial charge >= 0.3 is 0 Å². The van der Waals surface area contributed by atoms with E-state index in [1.54, 1.807) is 49.7 Å². The molecule has 0 aliphatic heterocycles. The number of imidazole rings is 2. The van der Waals surface area contributed by atoms with Crippen LogP contribution in [0.2, 0.25) is 0 Å². The van der Waals surface area contributed by atoms with Crippen LogP contribution in [0.1, 0.15) is 80.8 Å². The molecule has 6 aromatic rings. The van der Waals surface area contributed by atoms with Gasteiger partial charge in [-0.2, -0.15) is 10.2 Å². The van der Waals surface area contributed by atoms with E-state index in [2.05, 4.69) is 49.5 Å². The minimum atomic E-state index is -0.666. The second-order valence-electron chi connectivity index (χ2n) is 13.5. The van der Waals surface area contributed by atoms with Gasteiger partial charge in [0.15, 0.2) is 5.65 Å². The minimum Gasteiger partial charge on any atom is -0.490 e. The van der Waals surface area contributed by atoms with Crippen molar-refractivity contribution in [2.24, 2.45) is 11.5 Å². The Bertz CT molecular complexity index is 2540. The highest BCUT2D eigenvalue weighted by Gasteiger charge is 2.23. The summed E-state index contributed by atoms with van der Waals surface area (Å²) in [6.45, 7) is 15.5. The highest BCUT2D eigenvalue weighted by atomic mass is 16.5. The van der Waals surface area contributed by atoms with Gasteiger partial charge < -0.3 is 25.7 Å². The van der Waals surface area contributed by atoms with E-state index < -0.39 is 23.6 Å². The molecule has 0 unspecified atom stereocenters. The number of likely N-dealkylation sites (N-methyl/N-ethyl adjacent to an activating group) is 1. The second-order valence-corrected chi connectivity index (χ2v) is 13.5. The van der Waals surface area contributed by atoms with Gasteiger partial charge in [-0.25, -0.2) is 15.0 Å². The molecule has 0 fully saturated rings. The smallest absolute Gasteiger partial charge is 0.276 e. The van der Waals surface area contributed by atoms with Crippen LogP contribution in [-0.2, 0) is 26.2 Å². The van der Waals surface area contributed by atoms with E-state index in [0.29, 0.717) is 77.0 Å². The summed E-state index contributed by atoms with van der Waals surface area (Å²) in [5, 5.41) is 14.6. The zero-order chi connectivity index (χ0) is 41.7. The van der Waals surface area contributed by atoms with E-state index in [1.165, 1.54) is 12.3 Å². The lowest BCUT2D eigenvalue weighted by molar-refractivity contribution is 0.0991. The zero-order valence-electron chi connectivity index (χ0n) is 33.4. The first-order chi connectivity index (χ1) is 27.8. The van der Waals surface area contributed by atoms with Crippen LogP contribution in [0, 0.1) is 13.8 Å². The first-order valence-electron chi connectivity index (χ1n) is 19.1. The van der Waals surface area contributed by atoms with Crippen LogP contribution >= 0.6 is 0 Å². The van der Waals surface area contributed by atoms with Crippen molar-refractivity contribution >= 4 is 57.7 Å². The first-order valence-corrected chi connectivity index (χ1v) is 19.1. The molecule has 304 valence electrons. The fourth-order valence-electron chi connectivity index (χ4n) is 6.62. The maximum atomic E-state index is 13.7. The van der Waals surface area contributed by atoms with Gasteiger partial charge in [-0.1, -0.05) is 26.0 Å². The van der Waals surface area contributed by atoms with Crippen LogP contribution < -0.4 is 26.8 Å². The Hall–Kier alpha value is -6.89. The number of fused-ring (bicyclic) bond motifs is 2. The van der Waals surface area contributed by atoms with E-state index in [-0.39, 0.29) is 36.1 Å². The van der Waals surface area contributed by atoms with E-state index in [9.17, 15) is 19.2 Å². The average Bonchev–Trinajstić information content (AvgIpc) is 3.96. The lowest BCUT2D eigenvalue weighted by atomic mass is 10.1. The number of ether oxygens (including phenoxy) is 1. The van der Waals surface area contributed by atoms with Crippen LogP contribution in [0.25, 0.3) is 22.2 Å². The molecule has 0 aliphatic rings. The number of benzene rings is 1. The molecule has 19 nitrogen and oxygen atoms in total. The monoisotopic (exact) mass is 792 g/mol. The summed E-state index contributed by atoms with van der Waals surface area (Å²) in [6, 6.07) is 8.05. The molecule has 0 aliphatic carbocycles. The number of hydrogen-bond acceptors (Lipinski definition) is 11. The van der Waals surface area contributed by atoms with Crippen molar-refractivity contribution in [3.63, 3.8) is 0 Å². The number of amides is 4. The maximum absolute atomic E-state index is 13.7. The number of pyridine rings is 1. The number of carbonyl (C=O) groups excluding carboxylic acids is 4. The molecule has 4 amide bonds. The van der Waals surface area contributed by atoms with Crippen molar-refractivity contribution in [3.05, 3.63) is 82.6 Å². The number of nitrogens with zero attached hydrogens (tertiary/aromatic N) is 10. The van der Waals surface area contributed by atoms with Crippen molar-refractivity contribution in [3.8, 4) is 5.75 Å². The fraction of sp³-hybridized carbons (Fsp3) is 0.359. The molecule has 0 radical (unpaired) electrons. The summed E-state index contributed by atoms with van der Waals surface area (Å²) < 4.78 is 13.0. The molecule has 0 spiro atoms. The van der Waals surface area contributed by atoms with Gasteiger partial charge in [0.2, 0.25) is 23.7 Å². The first kappa shape index (κ1) is 40.8.